The number of carbonyl (C=O) groups excluding carboxylic acids is 1. The van der Waals surface area contributed by atoms with Crippen molar-refractivity contribution in [3.8, 4) is 0 Å². The van der Waals surface area contributed by atoms with E-state index in [0.29, 0.717) is 12.3 Å². The third-order valence-electron chi connectivity index (χ3n) is 2.35. The van der Waals surface area contributed by atoms with Crippen LogP contribution in [0.25, 0.3) is 0 Å². The summed E-state index contributed by atoms with van der Waals surface area (Å²) in [4.78, 5) is 31.5. The predicted molar refractivity (Wildman–Crippen MR) is 105 cm³/mol. The lowest BCUT2D eigenvalue weighted by Crippen LogP contribution is -2.17. The van der Waals surface area contributed by atoms with Gasteiger partial charge >= 0.3 is 0 Å². The second kappa shape index (κ2) is 18.5. The van der Waals surface area contributed by atoms with E-state index in [1.165, 1.54) is 12.1 Å². The molecule has 0 radical (unpaired) electrons. The van der Waals surface area contributed by atoms with Crippen molar-refractivity contribution in [2.75, 3.05) is 32.3 Å². The van der Waals surface area contributed by atoms with Crippen LogP contribution >= 0.6 is 11.6 Å². The molecule has 8 nitrogen and oxygen atoms in total. The highest BCUT2D eigenvalue weighted by molar-refractivity contribution is 6.18. The van der Waals surface area contributed by atoms with Gasteiger partial charge in [0, 0.05) is 61.5 Å². The van der Waals surface area contributed by atoms with Crippen LogP contribution in [0.3, 0.4) is 0 Å². The lowest BCUT2D eigenvalue weighted by molar-refractivity contribution is -0.445. The Kier molecular flexibility index (Phi) is 18.0. The molecule has 0 atom stereocenters. The maximum absolute atomic E-state index is 10.2. The molecule has 0 unspecified atom stereocenters. The topological polar surface area (TPSA) is 117 Å². The lowest BCUT2D eigenvalue weighted by Gasteiger charge is -1.94. The van der Waals surface area contributed by atoms with Crippen LogP contribution in [0.15, 0.2) is 59.7 Å². The first-order valence-electron chi connectivity index (χ1n) is 7.57. The van der Waals surface area contributed by atoms with Crippen LogP contribution in [0.2, 0.25) is 0 Å². The highest BCUT2D eigenvalue weighted by atomic mass is 35.5. The number of hydrogen-bond donors (Lipinski definition) is 3. The van der Waals surface area contributed by atoms with E-state index >= 15 is 0 Å². The summed E-state index contributed by atoms with van der Waals surface area (Å²) in [5.41, 5.74) is 1.20. The van der Waals surface area contributed by atoms with Gasteiger partial charge in [-0.3, -0.25) is 19.7 Å². The minimum Gasteiger partial charge on any atom is -0.388 e. The number of nitro groups is 1. The first-order valence-corrected chi connectivity index (χ1v) is 8.11. The minimum atomic E-state index is -0.500. The molecule has 26 heavy (non-hydrogen) atoms. The zero-order valence-electron chi connectivity index (χ0n) is 15.1. The van der Waals surface area contributed by atoms with Crippen molar-refractivity contribution in [1.29, 1.82) is 0 Å². The van der Waals surface area contributed by atoms with Gasteiger partial charge in [0.2, 0.25) is 5.91 Å². The number of pyridine rings is 1. The number of benzene rings is 1. The number of amides is 1. The molecule has 0 aliphatic rings. The Balaban J connectivity index is 0. The number of aromatic nitrogens is 1. The van der Waals surface area contributed by atoms with Crippen molar-refractivity contribution in [3.05, 3.63) is 75.2 Å². The molecular weight excluding hydrogens is 360 g/mol. The second-order valence-electron chi connectivity index (χ2n) is 4.40. The number of hydrogen-bond acceptors (Lipinski definition) is 5. The number of H-pyrrole nitrogens is 1. The number of para-hydroxylation sites is 1. The van der Waals surface area contributed by atoms with Gasteiger partial charge in [-0.1, -0.05) is 18.2 Å². The average Bonchev–Trinajstić information content (AvgIpc) is 2.64. The van der Waals surface area contributed by atoms with Gasteiger partial charge in [0.1, 0.15) is 0 Å². The normalized spacial score (nSPS) is 8.15. The molecule has 1 aromatic heterocycles. The number of halogens is 1. The fourth-order valence-electron chi connectivity index (χ4n) is 1.19. The van der Waals surface area contributed by atoms with E-state index in [0.717, 1.165) is 12.7 Å². The Bertz CT molecular complexity index is 629. The molecule has 3 N–H and O–H groups in total. The molecule has 1 amide bonds. The van der Waals surface area contributed by atoms with Gasteiger partial charge in [-0.2, -0.15) is 0 Å². The number of rotatable bonds is 3. The van der Waals surface area contributed by atoms with Crippen molar-refractivity contribution in [3.63, 3.8) is 0 Å². The molecule has 0 saturated carbocycles. The van der Waals surface area contributed by atoms with Crippen LogP contribution in [0.1, 0.15) is 6.42 Å². The molecule has 0 fully saturated rings. The molecule has 9 heteroatoms. The number of carbonyl (C=O) groups is 1. The maximum Gasteiger partial charge on any atom is 0.220 e. The summed E-state index contributed by atoms with van der Waals surface area (Å²) in [6, 6.07) is 13.0. The Morgan fingerprint density at radius 1 is 1.15 bits per heavy atom. The fraction of sp³-hybridized carbons (Fsp3) is 0.294. The summed E-state index contributed by atoms with van der Waals surface area (Å²) >= 11 is 5.21. The van der Waals surface area contributed by atoms with E-state index in [2.05, 4.69) is 15.6 Å². The Labute approximate surface area is 157 Å². The highest BCUT2D eigenvalue weighted by Gasteiger charge is 1.91. The number of nitrogens with zero attached hydrogens (tertiary/aromatic N) is 1. The summed E-state index contributed by atoms with van der Waals surface area (Å²) in [6.45, 7) is 0. The fourth-order valence-corrected chi connectivity index (χ4v) is 1.36. The van der Waals surface area contributed by atoms with E-state index in [1.807, 2.05) is 37.4 Å². The third kappa shape index (κ3) is 21.1. The quantitative estimate of drug-likeness (QED) is 0.426. The molecule has 0 aliphatic heterocycles. The largest absolute Gasteiger partial charge is 0.388 e. The molecule has 0 spiro atoms. The molecule has 144 valence electrons. The Morgan fingerprint density at radius 3 is 1.88 bits per heavy atom. The Hall–Kier alpha value is -2.87. The average molecular weight is 385 g/mol. The highest BCUT2D eigenvalue weighted by Crippen LogP contribution is 2.01. The predicted octanol–water partition coefficient (Wildman–Crippen LogP) is 2.36. The van der Waals surface area contributed by atoms with Crippen LogP contribution in [0.5, 0.6) is 0 Å². The van der Waals surface area contributed by atoms with Crippen molar-refractivity contribution in [1.82, 2.24) is 10.3 Å². The molecule has 2 aromatic rings. The number of anilines is 1. The van der Waals surface area contributed by atoms with Gasteiger partial charge in [-0.15, -0.1) is 11.6 Å². The van der Waals surface area contributed by atoms with Crippen LogP contribution < -0.4 is 16.1 Å². The van der Waals surface area contributed by atoms with Crippen molar-refractivity contribution in [2.24, 2.45) is 0 Å². The van der Waals surface area contributed by atoms with Crippen molar-refractivity contribution in [2.45, 2.75) is 6.42 Å². The SMILES string of the molecule is CNC(=O)CCCl.CNc1ccccc1.C[N+](=O)[O-].O=c1cc[nH]cc1. The standard InChI is InChI=1S/C7H9N.C5H5NO.C4H8ClNO.CH3NO2/c1-8-7-5-3-2-4-6-7;7-5-1-3-6-4-2-5;1-6-4(7)2-3-5;1-2(3)4/h2-6,8H,1H3;1-4H,(H,6,7);2-3H2,1H3,(H,6,7);1H3. The summed E-state index contributed by atoms with van der Waals surface area (Å²) < 4.78 is 0. The van der Waals surface area contributed by atoms with E-state index < -0.39 is 4.92 Å². The van der Waals surface area contributed by atoms with Crippen LogP contribution in [-0.2, 0) is 4.79 Å². The molecule has 1 aromatic carbocycles. The van der Waals surface area contributed by atoms with E-state index in [9.17, 15) is 9.59 Å². The smallest absolute Gasteiger partial charge is 0.220 e. The second-order valence-corrected chi connectivity index (χ2v) is 4.78. The summed E-state index contributed by atoms with van der Waals surface area (Å²) in [5, 5.41) is 14.3. The monoisotopic (exact) mass is 384 g/mol. The zero-order chi connectivity index (χ0) is 20.2. The van der Waals surface area contributed by atoms with E-state index in [-0.39, 0.29) is 11.3 Å². The number of alkyl halides is 1. The third-order valence-corrected chi connectivity index (χ3v) is 2.54. The van der Waals surface area contributed by atoms with E-state index in [4.69, 9.17) is 21.7 Å². The van der Waals surface area contributed by atoms with Crippen LogP contribution in [0, 0.1) is 10.1 Å². The van der Waals surface area contributed by atoms with E-state index in [1.54, 1.807) is 19.4 Å². The molecule has 0 saturated heterocycles. The van der Waals surface area contributed by atoms with Crippen molar-refractivity contribution >= 4 is 23.2 Å². The number of nitrogens with one attached hydrogen (secondary N) is 3. The molecule has 0 bridgehead atoms. The van der Waals surface area contributed by atoms with Gasteiger partial charge in [0.05, 0.1) is 0 Å². The lowest BCUT2D eigenvalue weighted by atomic mass is 10.3. The summed E-state index contributed by atoms with van der Waals surface area (Å²) in [6.07, 6.45) is 3.61. The molecular formula is C17H25ClN4O4. The summed E-state index contributed by atoms with van der Waals surface area (Å²) in [5.74, 6) is 0.398. The van der Waals surface area contributed by atoms with Gasteiger partial charge in [0.25, 0.3) is 0 Å². The molecule has 2 rings (SSSR count). The van der Waals surface area contributed by atoms with Crippen LogP contribution in [0.4, 0.5) is 5.69 Å². The number of aromatic amines is 1. The van der Waals surface area contributed by atoms with Gasteiger partial charge in [-0.05, 0) is 12.1 Å². The first kappa shape index (κ1) is 25.4. The summed E-state index contributed by atoms with van der Waals surface area (Å²) in [7, 11) is 4.39. The van der Waals surface area contributed by atoms with Crippen molar-refractivity contribution < 1.29 is 9.72 Å². The molecule has 0 aliphatic carbocycles. The Morgan fingerprint density at radius 2 is 1.65 bits per heavy atom. The van der Waals surface area contributed by atoms with Gasteiger partial charge in [0.15, 0.2) is 12.5 Å². The minimum absolute atomic E-state index is 0.00463. The van der Waals surface area contributed by atoms with Crippen LogP contribution in [-0.4, -0.2) is 42.8 Å². The maximum atomic E-state index is 10.2. The van der Waals surface area contributed by atoms with Gasteiger partial charge in [-0.25, -0.2) is 0 Å². The molecule has 1 heterocycles. The first-order chi connectivity index (χ1) is 12.4. The zero-order valence-corrected chi connectivity index (χ0v) is 15.8. The van der Waals surface area contributed by atoms with Gasteiger partial charge < -0.3 is 15.6 Å².